The molecule has 0 aliphatic rings. The molecule has 0 saturated carbocycles. The number of ether oxygens (including phenoxy) is 1. The van der Waals surface area contributed by atoms with Crippen molar-refractivity contribution in [3.63, 3.8) is 0 Å². The Morgan fingerprint density at radius 2 is 2.28 bits per heavy atom. The molecule has 2 N–H and O–H groups in total. The Kier molecular flexibility index (Phi) is 6.45. The van der Waals surface area contributed by atoms with Gasteiger partial charge in [-0.15, -0.1) is 12.4 Å². The molecule has 1 aromatic rings. The maximum absolute atomic E-state index is 13.6. The molecule has 0 amide bonds. The summed E-state index contributed by atoms with van der Waals surface area (Å²) in [5, 5.41) is -0.0241. The quantitative estimate of drug-likeness (QED) is 0.867. The summed E-state index contributed by atoms with van der Waals surface area (Å²) in [7, 11) is 0. The molecule has 18 heavy (non-hydrogen) atoms. The van der Waals surface area contributed by atoms with Crippen molar-refractivity contribution in [3.8, 4) is 0 Å². The van der Waals surface area contributed by atoms with Crippen LogP contribution in [0.5, 0.6) is 0 Å². The average Bonchev–Trinajstić information content (AvgIpc) is 2.29. The molecule has 0 unspecified atom stereocenters. The van der Waals surface area contributed by atoms with E-state index in [4.69, 9.17) is 17.3 Å². The lowest BCUT2D eigenvalue weighted by molar-refractivity contribution is -0.174. The second kappa shape index (κ2) is 6.82. The molecule has 8 heteroatoms. The lowest BCUT2D eigenvalue weighted by atomic mass is 10.0. The maximum atomic E-state index is 13.6. The largest absolute Gasteiger partial charge is 0.462 e. The fraction of sp³-hybridized carbons (Fsp3) is 0.400. The zero-order valence-electron chi connectivity index (χ0n) is 9.40. The van der Waals surface area contributed by atoms with Gasteiger partial charge in [0.15, 0.2) is 0 Å². The van der Waals surface area contributed by atoms with E-state index in [0.717, 1.165) is 0 Å². The second-order valence-electron chi connectivity index (χ2n) is 3.22. The summed E-state index contributed by atoms with van der Waals surface area (Å²) >= 11 is 5.68. The average molecular weight is 301 g/mol. The van der Waals surface area contributed by atoms with Crippen LogP contribution in [-0.4, -0.2) is 23.5 Å². The van der Waals surface area contributed by atoms with Crippen molar-refractivity contribution in [1.29, 1.82) is 0 Å². The van der Waals surface area contributed by atoms with Gasteiger partial charge in [-0.05, 0) is 18.6 Å². The molecule has 102 valence electrons. The standard InChI is InChI=1S/C10H11ClF2N2O2.ClH/c1-2-17-9(16)10(12,13)8(14)6-3-4-15-5-7(6)11;/h3-5,8H,2,14H2,1H3;1H/t8-;/m0./s1. The van der Waals surface area contributed by atoms with Gasteiger partial charge in [0.2, 0.25) is 0 Å². The van der Waals surface area contributed by atoms with Crippen molar-refractivity contribution < 1.29 is 18.3 Å². The van der Waals surface area contributed by atoms with Crippen LogP contribution in [0.15, 0.2) is 18.5 Å². The van der Waals surface area contributed by atoms with Crippen molar-refractivity contribution >= 4 is 30.0 Å². The van der Waals surface area contributed by atoms with E-state index < -0.39 is 17.9 Å². The van der Waals surface area contributed by atoms with Gasteiger partial charge in [-0.2, -0.15) is 8.78 Å². The number of aromatic nitrogens is 1. The highest BCUT2D eigenvalue weighted by molar-refractivity contribution is 6.31. The number of carbonyl (C=O) groups excluding carboxylic acids is 1. The molecular weight excluding hydrogens is 289 g/mol. The van der Waals surface area contributed by atoms with E-state index in [0.29, 0.717) is 0 Å². The number of carbonyl (C=O) groups is 1. The van der Waals surface area contributed by atoms with Crippen LogP contribution in [0.2, 0.25) is 5.02 Å². The summed E-state index contributed by atoms with van der Waals surface area (Å²) < 4.78 is 31.4. The number of hydrogen-bond donors (Lipinski definition) is 1. The first-order chi connectivity index (χ1) is 7.91. The van der Waals surface area contributed by atoms with E-state index in [9.17, 15) is 13.6 Å². The van der Waals surface area contributed by atoms with Gasteiger partial charge < -0.3 is 10.5 Å². The van der Waals surface area contributed by atoms with Crippen LogP contribution in [-0.2, 0) is 9.53 Å². The minimum Gasteiger partial charge on any atom is -0.462 e. The predicted octanol–water partition coefficient (Wildman–Crippen LogP) is 2.36. The van der Waals surface area contributed by atoms with Crippen molar-refractivity contribution in [3.05, 3.63) is 29.0 Å². The Labute approximate surface area is 114 Å². The van der Waals surface area contributed by atoms with Gasteiger partial charge >= 0.3 is 11.9 Å². The van der Waals surface area contributed by atoms with E-state index >= 15 is 0 Å². The van der Waals surface area contributed by atoms with Crippen molar-refractivity contribution in [2.45, 2.75) is 18.9 Å². The Hall–Kier alpha value is -0.980. The highest BCUT2D eigenvalue weighted by Crippen LogP contribution is 2.33. The Morgan fingerprint density at radius 3 is 2.78 bits per heavy atom. The summed E-state index contributed by atoms with van der Waals surface area (Å²) in [5.74, 6) is -5.50. The van der Waals surface area contributed by atoms with Gasteiger partial charge in [-0.3, -0.25) is 4.98 Å². The predicted molar refractivity (Wildman–Crippen MR) is 65.0 cm³/mol. The van der Waals surface area contributed by atoms with Crippen LogP contribution < -0.4 is 5.73 Å². The number of hydrogen-bond acceptors (Lipinski definition) is 4. The fourth-order valence-corrected chi connectivity index (χ4v) is 1.42. The van der Waals surface area contributed by atoms with Crippen molar-refractivity contribution in [2.24, 2.45) is 5.73 Å². The van der Waals surface area contributed by atoms with Gasteiger partial charge in [-0.1, -0.05) is 11.6 Å². The molecule has 0 saturated heterocycles. The minimum absolute atomic E-state index is 0. The van der Waals surface area contributed by atoms with E-state index in [1.54, 1.807) is 0 Å². The van der Waals surface area contributed by atoms with Crippen LogP contribution in [0, 0.1) is 0 Å². The number of rotatable bonds is 4. The van der Waals surface area contributed by atoms with E-state index in [1.807, 2.05) is 0 Å². The van der Waals surface area contributed by atoms with Crippen LogP contribution in [0.4, 0.5) is 8.78 Å². The molecular formula is C10H12Cl2F2N2O2. The molecule has 0 bridgehead atoms. The second-order valence-corrected chi connectivity index (χ2v) is 3.63. The molecule has 0 radical (unpaired) electrons. The van der Waals surface area contributed by atoms with Gasteiger partial charge in [-0.25, -0.2) is 4.79 Å². The van der Waals surface area contributed by atoms with Crippen molar-refractivity contribution in [1.82, 2.24) is 4.98 Å². The van der Waals surface area contributed by atoms with Gasteiger partial charge in [0, 0.05) is 12.4 Å². The van der Waals surface area contributed by atoms with Crippen LogP contribution in [0.25, 0.3) is 0 Å². The SMILES string of the molecule is CCOC(=O)C(F)(F)[C@@H](N)c1ccncc1Cl.Cl. The van der Waals surface area contributed by atoms with E-state index in [2.05, 4.69) is 9.72 Å². The Morgan fingerprint density at radius 1 is 1.67 bits per heavy atom. The third kappa shape index (κ3) is 3.51. The minimum atomic E-state index is -3.83. The van der Waals surface area contributed by atoms with Crippen LogP contribution >= 0.6 is 24.0 Å². The molecule has 1 aromatic heterocycles. The highest BCUT2D eigenvalue weighted by atomic mass is 35.5. The number of alkyl halides is 2. The summed E-state index contributed by atoms with van der Waals surface area (Å²) in [6.07, 6.45) is 2.44. The molecule has 1 rings (SSSR count). The van der Waals surface area contributed by atoms with E-state index in [-0.39, 0.29) is 29.6 Å². The lowest BCUT2D eigenvalue weighted by Gasteiger charge is -2.22. The summed E-state index contributed by atoms with van der Waals surface area (Å²) in [6, 6.07) is -0.628. The van der Waals surface area contributed by atoms with E-state index in [1.165, 1.54) is 25.4 Å². The number of nitrogens with zero attached hydrogens (tertiary/aromatic N) is 1. The topological polar surface area (TPSA) is 65.2 Å². The Balaban J connectivity index is 0.00000289. The normalized spacial score (nSPS) is 12.5. The fourth-order valence-electron chi connectivity index (χ4n) is 1.19. The molecule has 0 fully saturated rings. The third-order valence-electron chi connectivity index (χ3n) is 2.08. The van der Waals surface area contributed by atoms with Crippen molar-refractivity contribution in [2.75, 3.05) is 6.61 Å². The smallest absolute Gasteiger partial charge is 0.379 e. The molecule has 0 aromatic carbocycles. The molecule has 1 atom stereocenters. The first-order valence-corrected chi connectivity index (χ1v) is 5.19. The molecule has 0 aliphatic heterocycles. The Bertz CT molecular complexity index is 419. The summed E-state index contributed by atoms with van der Waals surface area (Å²) in [6.45, 7) is 1.28. The zero-order chi connectivity index (χ0) is 13.1. The van der Waals surface area contributed by atoms with Gasteiger partial charge in [0.1, 0.15) is 6.04 Å². The zero-order valence-corrected chi connectivity index (χ0v) is 11.0. The maximum Gasteiger partial charge on any atom is 0.379 e. The van der Waals surface area contributed by atoms with Gasteiger partial charge in [0.25, 0.3) is 0 Å². The van der Waals surface area contributed by atoms with Gasteiger partial charge in [0.05, 0.1) is 11.6 Å². The molecule has 4 nitrogen and oxygen atoms in total. The molecule has 1 heterocycles. The molecule has 0 spiro atoms. The number of pyridine rings is 1. The highest BCUT2D eigenvalue weighted by Gasteiger charge is 2.48. The monoisotopic (exact) mass is 300 g/mol. The summed E-state index contributed by atoms with van der Waals surface area (Å²) in [5.41, 5.74) is 5.29. The number of nitrogens with two attached hydrogens (primary N) is 1. The number of halogens is 4. The van der Waals surface area contributed by atoms with Crippen LogP contribution in [0.3, 0.4) is 0 Å². The third-order valence-corrected chi connectivity index (χ3v) is 2.39. The molecule has 0 aliphatic carbocycles. The first-order valence-electron chi connectivity index (χ1n) is 4.81. The lowest BCUT2D eigenvalue weighted by Crippen LogP contribution is -2.41. The van der Waals surface area contributed by atoms with Crippen LogP contribution in [0.1, 0.15) is 18.5 Å². The summed E-state index contributed by atoms with van der Waals surface area (Å²) in [4.78, 5) is 14.7. The number of esters is 1. The first kappa shape index (κ1) is 17.0.